The van der Waals surface area contributed by atoms with Crippen LogP contribution in [0.3, 0.4) is 0 Å². The van der Waals surface area contributed by atoms with Gasteiger partial charge in [-0.2, -0.15) is 0 Å². The largest absolute Gasteiger partial charge is 0.309 e. The maximum absolute atomic E-state index is 15.6. The van der Waals surface area contributed by atoms with Crippen molar-refractivity contribution >= 4 is 133 Å². The van der Waals surface area contributed by atoms with E-state index in [1.807, 2.05) is 159 Å². The third-order valence-electron chi connectivity index (χ3n) is 19.9. The van der Waals surface area contributed by atoms with Crippen LogP contribution in [-0.2, 0) is 9.13 Å². The SMILES string of the molecule is CC.O=P(c1ccccc1)(c1ccccc1)c1ccc(-c2ccc3c(c2)c2ccccc2n3-c2ccccc2)cc1.O=P(c1ccccc1)(c1ccccc1)c1cccc(-c2cc(-c3ccc4ccc5cccc6ccc3c4c56)cc(-c3ccc4ccc5cccc6ccc3c4c56)c2)c1. The quantitative estimate of drug-likeness (QED) is 0.0956. The van der Waals surface area contributed by atoms with Crippen molar-refractivity contribution in [3.05, 3.63) is 370 Å². The Morgan fingerprint density at radius 2 is 0.566 bits per heavy atom. The summed E-state index contributed by atoms with van der Waals surface area (Å²) in [6.07, 6.45) is 0. The smallest absolute Gasteiger partial charge is 0.171 e. The molecule has 3 nitrogen and oxygen atoms in total. The molecule has 1 aromatic heterocycles. The van der Waals surface area contributed by atoms with Crippen LogP contribution in [0.5, 0.6) is 0 Å². The Labute approximate surface area is 576 Å². The number of aromatic nitrogens is 1. The van der Waals surface area contributed by atoms with Crippen LogP contribution < -0.4 is 31.8 Å². The summed E-state index contributed by atoms with van der Waals surface area (Å²) in [5.41, 5.74) is 12.6. The molecule has 0 aliphatic heterocycles. The maximum atomic E-state index is 15.6. The summed E-state index contributed by atoms with van der Waals surface area (Å²) in [6.45, 7) is 4.00. The minimum absolute atomic E-state index is 0.819. The lowest BCUT2D eigenvalue weighted by atomic mass is 9.86. The fourth-order valence-corrected chi connectivity index (χ4v) is 20.6. The summed E-state index contributed by atoms with van der Waals surface area (Å²) < 4.78 is 32.7. The van der Waals surface area contributed by atoms with Gasteiger partial charge in [-0.1, -0.05) is 329 Å². The van der Waals surface area contributed by atoms with Gasteiger partial charge in [0.05, 0.1) is 11.0 Å². The highest BCUT2D eigenvalue weighted by Gasteiger charge is 2.32. The standard InChI is InChI=1S/C56H35OP.C36H26NOP.C2H6/c57-58(46-15-3-1-4-16-46,47-17-5-2-6-18-47)48-19-9-14-42(35-48)43-32-44(49-28-24-40-22-20-36-10-7-12-38-26-30-51(49)55(40)53(36)38)34-45(33-43)50-29-25-41-23-21-37-11-8-13-39-27-31-52(50)56(41)54(37)39;38-39(30-14-6-2-7-15-30,31-16-8-3-9-17-31)32-23-20-27(21-24-32)28-22-25-36-34(26-28)33-18-10-11-19-35(33)37(36)29-12-4-1-5-13-29;1-2/h1-35H;1-26H;1-2H3. The van der Waals surface area contributed by atoms with Crippen LogP contribution in [0, 0.1) is 0 Å². The van der Waals surface area contributed by atoms with E-state index in [-0.39, 0.29) is 0 Å². The number of benzene rings is 18. The van der Waals surface area contributed by atoms with Crippen LogP contribution in [0.4, 0.5) is 0 Å². The van der Waals surface area contributed by atoms with Crippen molar-refractivity contribution in [1.82, 2.24) is 4.57 Å². The van der Waals surface area contributed by atoms with Gasteiger partial charge in [0.15, 0.2) is 14.3 Å². The van der Waals surface area contributed by atoms with Gasteiger partial charge in [-0.3, -0.25) is 0 Å². The van der Waals surface area contributed by atoms with Gasteiger partial charge in [0, 0.05) is 48.3 Å². The Hall–Kier alpha value is -11.7. The second kappa shape index (κ2) is 25.4. The van der Waals surface area contributed by atoms with E-state index in [1.165, 1.54) is 97.6 Å². The Morgan fingerprint density at radius 1 is 0.212 bits per heavy atom. The third kappa shape index (κ3) is 10.4. The van der Waals surface area contributed by atoms with Gasteiger partial charge in [-0.15, -0.1) is 0 Å². The van der Waals surface area contributed by atoms with Crippen LogP contribution in [0.15, 0.2) is 370 Å². The zero-order valence-electron chi connectivity index (χ0n) is 54.9. The predicted octanol–water partition coefficient (Wildman–Crippen LogP) is 23.2. The van der Waals surface area contributed by atoms with Gasteiger partial charge >= 0.3 is 0 Å². The highest BCUT2D eigenvalue weighted by Crippen LogP contribution is 2.48. The van der Waals surface area contributed by atoms with Crippen LogP contribution in [0.25, 0.3) is 137 Å². The summed E-state index contributed by atoms with van der Waals surface area (Å²) in [7, 11) is -6.19. The molecule has 0 saturated heterocycles. The first-order valence-electron chi connectivity index (χ1n) is 34.1. The normalized spacial score (nSPS) is 11.8. The number of nitrogens with zero attached hydrogens (tertiary/aromatic N) is 1. The van der Waals surface area contributed by atoms with Gasteiger partial charge in [0.2, 0.25) is 0 Å². The average molecular weight is 1300 g/mol. The lowest BCUT2D eigenvalue weighted by Crippen LogP contribution is -2.25. The molecule has 0 spiro atoms. The molecule has 0 aliphatic rings. The molecule has 0 atom stereocenters. The number of fused-ring (bicyclic) bond motifs is 3. The maximum Gasteiger partial charge on any atom is 0.171 e. The average Bonchev–Trinajstić information content (AvgIpc) is 0.986. The van der Waals surface area contributed by atoms with E-state index in [1.54, 1.807) is 0 Å². The summed E-state index contributed by atoms with van der Waals surface area (Å²) in [6, 6.07) is 130. The summed E-state index contributed by atoms with van der Waals surface area (Å²) in [5.74, 6) is 0. The van der Waals surface area contributed by atoms with Crippen LogP contribution in [0.2, 0.25) is 0 Å². The molecular formula is C94H67NO2P2. The van der Waals surface area contributed by atoms with Crippen molar-refractivity contribution < 1.29 is 9.13 Å². The van der Waals surface area contributed by atoms with E-state index in [4.69, 9.17) is 0 Å². The first kappa shape index (κ1) is 60.9. The van der Waals surface area contributed by atoms with Crippen molar-refractivity contribution in [2.24, 2.45) is 0 Å². The third-order valence-corrected chi connectivity index (χ3v) is 26.0. The minimum Gasteiger partial charge on any atom is -0.309 e. The molecule has 0 fully saturated rings. The summed E-state index contributed by atoms with van der Waals surface area (Å²) in [4.78, 5) is 0. The Bertz CT molecular complexity index is 6000. The number of para-hydroxylation sites is 2. The van der Waals surface area contributed by atoms with Crippen molar-refractivity contribution in [3.8, 4) is 50.2 Å². The minimum atomic E-state index is -3.20. The van der Waals surface area contributed by atoms with E-state index in [2.05, 4.69) is 229 Å². The molecule has 19 aromatic rings. The zero-order valence-corrected chi connectivity index (χ0v) is 56.7. The Kier molecular flexibility index (Phi) is 15.6. The zero-order chi connectivity index (χ0) is 66.6. The van der Waals surface area contributed by atoms with Gasteiger partial charge in [-0.05, 0) is 164 Å². The molecule has 1 heterocycles. The molecule has 0 bridgehead atoms. The topological polar surface area (TPSA) is 39.1 Å². The molecule has 99 heavy (non-hydrogen) atoms. The molecule has 18 aromatic carbocycles. The summed E-state index contributed by atoms with van der Waals surface area (Å²) in [5, 5.41) is 22.7. The van der Waals surface area contributed by atoms with Crippen molar-refractivity contribution in [2.45, 2.75) is 13.8 Å². The van der Waals surface area contributed by atoms with Crippen LogP contribution in [-0.4, -0.2) is 4.57 Å². The molecule has 19 rings (SSSR count). The van der Waals surface area contributed by atoms with Gasteiger partial charge in [-0.25, -0.2) is 0 Å². The van der Waals surface area contributed by atoms with E-state index >= 15 is 4.57 Å². The van der Waals surface area contributed by atoms with E-state index in [0.717, 1.165) is 70.9 Å². The first-order chi connectivity index (χ1) is 48.8. The van der Waals surface area contributed by atoms with Crippen molar-refractivity contribution in [2.75, 3.05) is 0 Å². The molecule has 0 unspecified atom stereocenters. The predicted molar refractivity (Wildman–Crippen MR) is 427 cm³/mol. The number of hydrogen-bond donors (Lipinski definition) is 0. The highest BCUT2D eigenvalue weighted by atomic mass is 31.2. The molecule has 0 N–H and O–H groups in total. The monoisotopic (exact) mass is 1300 g/mol. The molecule has 5 heteroatoms. The van der Waals surface area contributed by atoms with Gasteiger partial charge in [0.1, 0.15) is 0 Å². The van der Waals surface area contributed by atoms with Crippen molar-refractivity contribution in [1.29, 1.82) is 0 Å². The van der Waals surface area contributed by atoms with E-state index < -0.39 is 14.3 Å². The van der Waals surface area contributed by atoms with Crippen molar-refractivity contribution in [3.63, 3.8) is 0 Å². The molecule has 0 amide bonds. The fourth-order valence-electron chi connectivity index (χ4n) is 15.3. The lowest BCUT2D eigenvalue weighted by Gasteiger charge is -2.21. The number of hydrogen-bond acceptors (Lipinski definition) is 2. The van der Waals surface area contributed by atoms with Gasteiger partial charge < -0.3 is 13.7 Å². The number of rotatable bonds is 11. The Balaban J connectivity index is 0.000000156. The lowest BCUT2D eigenvalue weighted by molar-refractivity contribution is 0.591. The van der Waals surface area contributed by atoms with Crippen LogP contribution >= 0.6 is 14.3 Å². The van der Waals surface area contributed by atoms with Crippen LogP contribution in [0.1, 0.15) is 13.8 Å². The van der Waals surface area contributed by atoms with Gasteiger partial charge in [0.25, 0.3) is 0 Å². The molecule has 0 radical (unpaired) electrons. The Morgan fingerprint density at radius 3 is 1.06 bits per heavy atom. The molecule has 0 aliphatic carbocycles. The second-order valence-electron chi connectivity index (χ2n) is 25.3. The highest BCUT2D eigenvalue weighted by molar-refractivity contribution is 7.85. The molecular weight excluding hydrogens is 1240 g/mol. The summed E-state index contributed by atoms with van der Waals surface area (Å²) >= 11 is 0. The van der Waals surface area contributed by atoms with E-state index in [0.29, 0.717) is 0 Å². The molecule has 470 valence electrons. The fraction of sp³-hybridized carbons (Fsp3) is 0.0213. The first-order valence-corrected chi connectivity index (χ1v) is 37.5. The molecule has 0 saturated carbocycles. The second-order valence-corrected chi connectivity index (χ2v) is 30.9. The van der Waals surface area contributed by atoms with E-state index in [9.17, 15) is 4.57 Å².